The summed E-state index contributed by atoms with van der Waals surface area (Å²) in [5.74, 6) is 1.40. The highest BCUT2D eigenvalue weighted by atomic mass is 16.5. The summed E-state index contributed by atoms with van der Waals surface area (Å²) in [5, 5.41) is 3.16. The van der Waals surface area contributed by atoms with Gasteiger partial charge in [-0.25, -0.2) is 9.78 Å². The van der Waals surface area contributed by atoms with Crippen LogP contribution in [0.4, 0.5) is 10.6 Å². The van der Waals surface area contributed by atoms with Gasteiger partial charge in [-0.05, 0) is 25.0 Å². The molecule has 2 heterocycles. The molecule has 1 saturated heterocycles. The SMILES string of the molecule is COc1ccc(N2CC3(CCCCC3)NC2=O)nc1. The number of carbonyl (C=O) groups excluding carboxylic acids is 1. The molecule has 19 heavy (non-hydrogen) atoms. The molecular formula is C14H19N3O2. The van der Waals surface area contributed by atoms with E-state index in [-0.39, 0.29) is 11.6 Å². The Hall–Kier alpha value is -1.78. The molecule has 2 amide bonds. The van der Waals surface area contributed by atoms with E-state index in [2.05, 4.69) is 10.3 Å². The molecule has 0 bridgehead atoms. The van der Waals surface area contributed by atoms with Gasteiger partial charge in [0, 0.05) is 0 Å². The molecule has 2 fully saturated rings. The van der Waals surface area contributed by atoms with Crippen LogP contribution in [-0.4, -0.2) is 30.2 Å². The van der Waals surface area contributed by atoms with Gasteiger partial charge in [0.2, 0.25) is 0 Å². The van der Waals surface area contributed by atoms with Gasteiger partial charge in [0.05, 0.1) is 25.4 Å². The molecule has 5 nitrogen and oxygen atoms in total. The number of ether oxygens (including phenoxy) is 1. The van der Waals surface area contributed by atoms with Gasteiger partial charge < -0.3 is 10.1 Å². The fourth-order valence-electron chi connectivity index (χ4n) is 3.06. The number of hydrogen-bond donors (Lipinski definition) is 1. The Bertz CT molecular complexity index is 466. The van der Waals surface area contributed by atoms with Crippen LogP contribution in [0.15, 0.2) is 18.3 Å². The van der Waals surface area contributed by atoms with Gasteiger partial charge in [-0.1, -0.05) is 19.3 Å². The number of carbonyl (C=O) groups is 1. The van der Waals surface area contributed by atoms with E-state index in [0.29, 0.717) is 11.6 Å². The second-order valence-corrected chi connectivity index (χ2v) is 5.41. The largest absolute Gasteiger partial charge is 0.495 e. The summed E-state index contributed by atoms with van der Waals surface area (Å²) in [6, 6.07) is 3.64. The zero-order valence-electron chi connectivity index (χ0n) is 11.2. The Morgan fingerprint density at radius 1 is 1.32 bits per heavy atom. The van der Waals surface area contributed by atoms with Crippen LogP contribution in [0.1, 0.15) is 32.1 Å². The van der Waals surface area contributed by atoms with Crippen molar-refractivity contribution < 1.29 is 9.53 Å². The van der Waals surface area contributed by atoms with Crippen molar-refractivity contribution in [3.8, 4) is 5.75 Å². The molecule has 1 aliphatic heterocycles. The molecule has 102 valence electrons. The molecule has 1 aliphatic carbocycles. The molecule has 1 saturated carbocycles. The lowest BCUT2D eigenvalue weighted by Crippen LogP contribution is -2.44. The highest BCUT2D eigenvalue weighted by Crippen LogP contribution is 2.34. The molecule has 1 aromatic heterocycles. The van der Waals surface area contributed by atoms with Crippen molar-refractivity contribution in [2.45, 2.75) is 37.6 Å². The summed E-state index contributed by atoms with van der Waals surface area (Å²) in [6.07, 6.45) is 7.47. The maximum atomic E-state index is 12.1. The maximum Gasteiger partial charge on any atom is 0.323 e. The third-order valence-corrected chi connectivity index (χ3v) is 4.12. The monoisotopic (exact) mass is 261 g/mol. The lowest BCUT2D eigenvalue weighted by molar-refractivity contribution is 0.237. The van der Waals surface area contributed by atoms with E-state index in [4.69, 9.17) is 4.74 Å². The Labute approximate surface area is 113 Å². The molecule has 0 radical (unpaired) electrons. The van der Waals surface area contributed by atoms with Crippen molar-refractivity contribution in [1.82, 2.24) is 10.3 Å². The van der Waals surface area contributed by atoms with Gasteiger partial charge in [-0.2, -0.15) is 0 Å². The van der Waals surface area contributed by atoms with Gasteiger partial charge in [-0.15, -0.1) is 0 Å². The van der Waals surface area contributed by atoms with Crippen molar-refractivity contribution in [2.75, 3.05) is 18.6 Å². The normalized spacial score (nSPS) is 21.5. The fourth-order valence-corrected chi connectivity index (χ4v) is 3.06. The smallest absolute Gasteiger partial charge is 0.323 e. The molecule has 1 aromatic rings. The Morgan fingerprint density at radius 3 is 2.74 bits per heavy atom. The van der Waals surface area contributed by atoms with Crippen molar-refractivity contribution in [2.24, 2.45) is 0 Å². The highest BCUT2D eigenvalue weighted by Gasteiger charge is 2.43. The third-order valence-electron chi connectivity index (χ3n) is 4.12. The van der Waals surface area contributed by atoms with E-state index in [1.165, 1.54) is 19.3 Å². The minimum Gasteiger partial charge on any atom is -0.495 e. The first-order chi connectivity index (χ1) is 9.22. The Morgan fingerprint density at radius 2 is 2.11 bits per heavy atom. The first-order valence-electron chi connectivity index (χ1n) is 6.82. The quantitative estimate of drug-likeness (QED) is 0.889. The molecule has 1 spiro atoms. The average Bonchev–Trinajstić information content (AvgIpc) is 2.76. The fraction of sp³-hybridized carbons (Fsp3) is 0.571. The molecule has 0 atom stereocenters. The summed E-state index contributed by atoms with van der Waals surface area (Å²) < 4.78 is 5.09. The summed E-state index contributed by atoms with van der Waals surface area (Å²) >= 11 is 0. The number of pyridine rings is 1. The Kier molecular flexibility index (Phi) is 3.05. The van der Waals surface area contributed by atoms with Crippen LogP contribution in [0.2, 0.25) is 0 Å². The summed E-state index contributed by atoms with van der Waals surface area (Å²) in [4.78, 5) is 18.2. The molecule has 0 unspecified atom stereocenters. The first kappa shape index (κ1) is 12.3. The number of anilines is 1. The summed E-state index contributed by atoms with van der Waals surface area (Å²) in [5.41, 5.74) is -0.0308. The topological polar surface area (TPSA) is 54.5 Å². The molecule has 1 N–H and O–H groups in total. The number of nitrogens with zero attached hydrogens (tertiary/aromatic N) is 2. The second kappa shape index (κ2) is 4.72. The van der Waals surface area contributed by atoms with Gasteiger partial charge in [0.1, 0.15) is 11.6 Å². The number of nitrogens with one attached hydrogen (secondary N) is 1. The van der Waals surface area contributed by atoms with Crippen LogP contribution >= 0.6 is 0 Å². The number of methoxy groups -OCH3 is 1. The highest BCUT2D eigenvalue weighted by molar-refractivity contribution is 5.94. The van der Waals surface area contributed by atoms with Gasteiger partial charge in [0.25, 0.3) is 0 Å². The summed E-state index contributed by atoms with van der Waals surface area (Å²) in [7, 11) is 1.61. The van der Waals surface area contributed by atoms with Gasteiger partial charge >= 0.3 is 6.03 Å². The van der Waals surface area contributed by atoms with E-state index < -0.39 is 0 Å². The average molecular weight is 261 g/mol. The third kappa shape index (κ3) is 2.25. The molecule has 3 rings (SSSR count). The van der Waals surface area contributed by atoms with Gasteiger partial charge in [0.15, 0.2) is 0 Å². The molecule has 0 aromatic carbocycles. The predicted molar refractivity (Wildman–Crippen MR) is 72.5 cm³/mol. The van der Waals surface area contributed by atoms with E-state index in [1.807, 2.05) is 12.1 Å². The number of aromatic nitrogens is 1. The minimum absolute atomic E-state index is 0.0282. The second-order valence-electron chi connectivity index (χ2n) is 5.41. The molecule has 2 aliphatic rings. The Balaban J connectivity index is 1.79. The van der Waals surface area contributed by atoms with Crippen molar-refractivity contribution >= 4 is 11.8 Å². The minimum atomic E-state index is -0.0308. The number of amides is 2. The van der Waals surface area contributed by atoms with Gasteiger partial charge in [-0.3, -0.25) is 4.90 Å². The standard InChI is InChI=1S/C14H19N3O2/c1-19-11-5-6-12(15-9-11)17-10-14(16-13(17)18)7-3-2-4-8-14/h5-6,9H,2-4,7-8,10H2,1H3,(H,16,18). The van der Waals surface area contributed by atoms with Crippen LogP contribution in [0.5, 0.6) is 5.75 Å². The van der Waals surface area contributed by atoms with Crippen LogP contribution in [0.3, 0.4) is 0 Å². The van der Waals surface area contributed by atoms with E-state index in [1.54, 1.807) is 18.2 Å². The predicted octanol–water partition coefficient (Wildman–Crippen LogP) is 2.32. The zero-order chi connectivity index (χ0) is 13.3. The van der Waals surface area contributed by atoms with Crippen LogP contribution in [-0.2, 0) is 0 Å². The van der Waals surface area contributed by atoms with Crippen LogP contribution < -0.4 is 15.0 Å². The van der Waals surface area contributed by atoms with Crippen molar-refractivity contribution in [3.05, 3.63) is 18.3 Å². The van der Waals surface area contributed by atoms with Crippen molar-refractivity contribution in [1.29, 1.82) is 0 Å². The van der Waals surface area contributed by atoms with E-state index in [9.17, 15) is 4.79 Å². The lowest BCUT2D eigenvalue weighted by atomic mass is 9.82. The van der Waals surface area contributed by atoms with E-state index in [0.717, 1.165) is 19.4 Å². The van der Waals surface area contributed by atoms with E-state index >= 15 is 0 Å². The molecular weight excluding hydrogens is 242 g/mol. The number of rotatable bonds is 2. The van der Waals surface area contributed by atoms with Crippen LogP contribution in [0, 0.1) is 0 Å². The number of urea groups is 1. The zero-order valence-corrected chi connectivity index (χ0v) is 11.2. The lowest BCUT2D eigenvalue weighted by Gasteiger charge is -2.32. The number of hydrogen-bond acceptors (Lipinski definition) is 3. The maximum absolute atomic E-state index is 12.1. The van der Waals surface area contributed by atoms with Crippen molar-refractivity contribution in [3.63, 3.8) is 0 Å². The van der Waals surface area contributed by atoms with Crippen LogP contribution in [0.25, 0.3) is 0 Å². The first-order valence-corrected chi connectivity index (χ1v) is 6.82. The summed E-state index contributed by atoms with van der Waals surface area (Å²) in [6.45, 7) is 0.727. The molecule has 5 heteroatoms.